The average Bonchev–Trinajstić information content (AvgIpc) is 3.16. The Labute approximate surface area is 396 Å². The molecule has 12 atom stereocenters. The minimum atomic E-state index is -0.877. The van der Waals surface area contributed by atoms with Crippen molar-refractivity contribution < 1.29 is 57.0 Å². The molecule has 12 heteroatoms. The third kappa shape index (κ3) is 18.0. The number of cyclic esters (lactones) is 1. The first-order valence-electron chi connectivity index (χ1n) is 24.4. The van der Waals surface area contributed by atoms with Gasteiger partial charge < -0.3 is 47.4 Å². The summed E-state index contributed by atoms with van der Waals surface area (Å²) in [6, 6.07) is 0. The normalized spacial score (nSPS) is 36.9. The van der Waals surface area contributed by atoms with Crippen molar-refractivity contribution in [3.05, 3.63) is 85.1 Å². The van der Waals surface area contributed by atoms with E-state index in [0.29, 0.717) is 38.5 Å². The van der Waals surface area contributed by atoms with Crippen LogP contribution in [0.4, 0.5) is 0 Å². The van der Waals surface area contributed by atoms with Crippen LogP contribution in [0.15, 0.2) is 85.1 Å². The lowest BCUT2D eigenvalue weighted by Gasteiger charge is -2.48. The first-order valence-corrected chi connectivity index (χ1v) is 24.4. The van der Waals surface area contributed by atoms with Crippen molar-refractivity contribution in [3.63, 3.8) is 0 Å². The van der Waals surface area contributed by atoms with Gasteiger partial charge in [-0.15, -0.1) is 0 Å². The molecule has 0 amide bonds. The third-order valence-electron chi connectivity index (χ3n) is 12.5. The fraction of sp³-hybridized carbons (Fsp3) is 0.704. The molecule has 0 saturated carbocycles. The van der Waals surface area contributed by atoms with Gasteiger partial charge in [-0.25, -0.2) is 4.79 Å². The summed E-state index contributed by atoms with van der Waals surface area (Å²) in [4.78, 5) is 25.3. The quantitative estimate of drug-likeness (QED) is 0.193. The van der Waals surface area contributed by atoms with Crippen LogP contribution in [0.5, 0.6) is 0 Å². The standard InChI is InChI=1S/C54H82O12/c1-36(2)50-37(3)27-28-40(57-39(5)55)29-41-30-42(60-51(6,7)59-41)31-43-32-44(62-52(8,9)61-43)33-45-34-46(64-53(10,11)63-45)35-48-38(4)47(65-54(12,13)66-48)25-23-21-19-17-15-14-16-18-20-22-24-26-49(56)58-50/h14-24,26-28,36-38,40-48,50H,25,29-35H2,1-13H3/t37-,38-,40-,41-,42-,43+,44-,45+,46+,47-,48+,50-/m0/s1. The van der Waals surface area contributed by atoms with Gasteiger partial charge in [-0.1, -0.05) is 101 Å². The number of rotatable bonds is 2. The van der Waals surface area contributed by atoms with Crippen LogP contribution in [0.25, 0.3) is 0 Å². The van der Waals surface area contributed by atoms with Crippen molar-refractivity contribution in [2.24, 2.45) is 17.8 Å². The van der Waals surface area contributed by atoms with E-state index in [0.717, 1.165) is 12.8 Å². The molecule has 4 fully saturated rings. The summed E-state index contributed by atoms with van der Waals surface area (Å²) < 4.78 is 64.2. The molecule has 0 spiro atoms. The highest BCUT2D eigenvalue weighted by Gasteiger charge is 2.46. The summed E-state index contributed by atoms with van der Waals surface area (Å²) in [5, 5.41) is 0. The highest BCUT2D eigenvalue weighted by Crippen LogP contribution is 2.41. The molecule has 0 aromatic rings. The first-order chi connectivity index (χ1) is 31.0. The molecule has 370 valence electrons. The predicted octanol–water partition coefficient (Wildman–Crippen LogP) is 10.9. The molecule has 5 aliphatic heterocycles. The Kier molecular flexibility index (Phi) is 19.5. The van der Waals surface area contributed by atoms with Gasteiger partial charge in [0.15, 0.2) is 23.1 Å². The lowest BCUT2D eigenvalue weighted by atomic mass is 9.87. The lowest BCUT2D eigenvalue weighted by Crippen LogP contribution is -2.53. The highest BCUT2D eigenvalue weighted by atomic mass is 16.7. The first kappa shape index (κ1) is 53.8. The molecule has 5 heterocycles. The second-order valence-corrected chi connectivity index (χ2v) is 21.0. The number of carbonyl (C=O) groups is 2. The van der Waals surface area contributed by atoms with Gasteiger partial charge in [0.05, 0.1) is 48.8 Å². The second kappa shape index (κ2) is 23.9. The van der Waals surface area contributed by atoms with E-state index in [1.54, 1.807) is 12.2 Å². The Balaban J connectivity index is 1.37. The number of carbonyl (C=O) groups excluding carboxylic acids is 2. The monoisotopic (exact) mass is 923 g/mol. The van der Waals surface area contributed by atoms with Gasteiger partial charge in [0, 0.05) is 69.8 Å². The highest BCUT2D eigenvalue weighted by molar-refractivity contribution is 5.82. The zero-order chi connectivity index (χ0) is 48.3. The zero-order valence-corrected chi connectivity index (χ0v) is 42.1. The smallest absolute Gasteiger partial charge is 0.331 e. The van der Waals surface area contributed by atoms with Crippen molar-refractivity contribution in [2.75, 3.05) is 0 Å². The number of ether oxygens (including phenoxy) is 10. The maximum Gasteiger partial charge on any atom is 0.331 e. The van der Waals surface area contributed by atoms with Crippen LogP contribution in [-0.4, -0.2) is 96.1 Å². The molecule has 0 aromatic carbocycles. The number of esters is 2. The molecule has 0 N–H and O–H groups in total. The number of hydrogen-bond acceptors (Lipinski definition) is 12. The lowest BCUT2D eigenvalue weighted by molar-refractivity contribution is -0.343. The zero-order valence-electron chi connectivity index (χ0n) is 42.1. The van der Waals surface area contributed by atoms with Crippen molar-refractivity contribution in [1.82, 2.24) is 0 Å². The van der Waals surface area contributed by atoms with E-state index in [1.807, 2.05) is 137 Å². The fourth-order valence-corrected chi connectivity index (χ4v) is 10.1. The van der Waals surface area contributed by atoms with E-state index >= 15 is 0 Å². The van der Waals surface area contributed by atoms with Gasteiger partial charge in [0.1, 0.15) is 12.2 Å². The Morgan fingerprint density at radius 1 is 0.545 bits per heavy atom. The SMILES string of the molecule is CC(=O)O[C@H]1C=C[C@H](C)[C@H](C(C)C)OC(=O)C=CC=CC=CC=CC=CC=CC[C@@H]2OC(C)(C)O[C@H](C[C@H]3C[C@@H](C[C@@H]4C[C@@H](C[C@@H]5C[C@H](C1)OC(C)(C)O5)OC(C)(C)O4)OC(C)(C)O3)[C@H]2C. The fourth-order valence-electron chi connectivity index (χ4n) is 10.1. The summed E-state index contributed by atoms with van der Waals surface area (Å²) in [7, 11) is 0. The molecule has 0 radical (unpaired) electrons. The molecule has 4 saturated heterocycles. The Morgan fingerprint density at radius 3 is 1.39 bits per heavy atom. The summed E-state index contributed by atoms with van der Waals surface area (Å²) >= 11 is 0. The van der Waals surface area contributed by atoms with Gasteiger partial charge in [-0.05, 0) is 73.8 Å². The van der Waals surface area contributed by atoms with Crippen LogP contribution < -0.4 is 0 Å². The predicted molar refractivity (Wildman–Crippen MR) is 255 cm³/mol. The van der Waals surface area contributed by atoms with Crippen LogP contribution in [-0.2, 0) is 57.0 Å². The van der Waals surface area contributed by atoms with Gasteiger partial charge in [-0.2, -0.15) is 0 Å². The van der Waals surface area contributed by atoms with Crippen molar-refractivity contribution >= 4 is 11.9 Å². The number of fused-ring (bicyclic) bond motifs is 8. The largest absolute Gasteiger partial charge is 0.458 e. The van der Waals surface area contributed by atoms with Gasteiger partial charge in [-0.3, -0.25) is 4.79 Å². The Hall–Kier alpha value is -3.20. The van der Waals surface area contributed by atoms with E-state index < -0.39 is 41.3 Å². The van der Waals surface area contributed by atoms with E-state index in [-0.39, 0.29) is 72.6 Å². The van der Waals surface area contributed by atoms with E-state index in [4.69, 9.17) is 47.4 Å². The number of allylic oxidation sites excluding steroid dienone is 10. The van der Waals surface area contributed by atoms with Gasteiger partial charge >= 0.3 is 11.9 Å². The molecule has 5 rings (SSSR count). The van der Waals surface area contributed by atoms with E-state index in [9.17, 15) is 9.59 Å². The van der Waals surface area contributed by atoms with Crippen molar-refractivity contribution in [3.8, 4) is 0 Å². The summed E-state index contributed by atoms with van der Waals surface area (Å²) in [5.41, 5.74) is 0. The molecule has 66 heavy (non-hydrogen) atoms. The van der Waals surface area contributed by atoms with E-state index in [2.05, 4.69) is 13.0 Å². The molecule has 0 aromatic heterocycles. The molecular weight excluding hydrogens is 841 g/mol. The van der Waals surface area contributed by atoms with Crippen molar-refractivity contribution in [2.45, 2.75) is 226 Å². The Morgan fingerprint density at radius 2 is 0.939 bits per heavy atom. The third-order valence-corrected chi connectivity index (χ3v) is 12.5. The van der Waals surface area contributed by atoms with Crippen LogP contribution in [0.2, 0.25) is 0 Å². The van der Waals surface area contributed by atoms with Gasteiger partial charge in [0.2, 0.25) is 0 Å². The maximum absolute atomic E-state index is 12.9. The topological polar surface area (TPSA) is 126 Å². The number of hydrogen-bond donors (Lipinski definition) is 0. The maximum atomic E-state index is 12.9. The molecule has 5 aliphatic rings. The van der Waals surface area contributed by atoms with Gasteiger partial charge in [0.25, 0.3) is 0 Å². The Bertz CT molecular complexity index is 1780. The molecular formula is C54H82O12. The van der Waals surface area contributed by atoms with Crippen molar-refractivity contribution in [1.29, 1.82) is 0 Å². The molecule has 0 aliphatic carbocycles. The van der Waals surface area contributed by atoms with Crippen LogP contribution in [0.1, 0.15) is 141 Å². The van der Waals surface area contributed by atoms with Crippen LogP contribution in [0.3, 0.4) is 0 Å². The molecule has 0 unspecified atom stereocenters. The summed E-state index contributed by atoms with van der Waals surface area (Å²) in [6.45, 7) is 25.4. The summed E-state index contributed by atoms with van der Waals surface area (Å²) in [6.07, 6.45) is 29.8. The minimum absolute atomic E-state index is 0.0207. The average molecular weight is 923 g/mol. The second-order valence-electron chi connectivity index (χ2n) is 21.0. The summed E-state index contributed by atoms with van der Waals surface area (Å²) in [5.74, 6) is -4.01. The molecule has 8 bridgehead atoms. The minimum Gasteiger partial charge on any atom is -0.458 e. The van der Waals surface area contributed by atoms with Crippen LogP contribution >= 0.6 is 0 Å². The van der Waals surface area contributed by atoms with E-state index in [1.165, 1.54) is 13.0 Å². The molecule has 12 nitrogen and oxygen atoms in total. The van der Waals surface area contributed by atoms with Crippen LogP contribution in [0, 0.1) is 17.8 Å².